The summed E-state index contributed by atoms with van der Waals surface area (Å²) in [6, 6.07) is 23.8. The number of nitro groups is 2. The van der Waals surface area contributed by atoms with Crippen molar-refractivity contribution in [1.82, 2.24) is 0 Å². The Morgan fingerprint density at radius 1 is 0.681 bits per heavy atom. The molecule has 0 aromatic heterocycles. The summed E-state index contributed by atoms with van der Waals surface area (Å²) >= 11 is 15.5. The van der Waals surface area contributed by atoms with Crippen molar-refractivity contribution >= 4 is 81.3 Å². The van der Waals surface area contributed by atoms with E-state index in [1.165, 1.54) is 85.5 Å². The minimum atomic E-state index is -0.750. The van der Waals surface area contributed by atoms with Gasteiger partial charge in [0.1, 0.15) is 22.2 Å². The van der Waals surface area contributed by atoms with E-state index in [-0.39, 0.29) is 32.8 Å². The molecule has 4 aromatic rings. The van der Waals surface area contributed by atoms with Crippen LogP contribution in [0, 0.1) is 20.2 Å². The predicted molar refractivity (Wildman–Crippen MR) is 186 cm³/mol. The molecule has 15 heteroatoms. The van der Waals surface area contributed by atoms with Crippen molar-refractivity contribution in [3.05, 3.63) is 126 Å². The fourth-order valence-corrected chi connectivity index (χ4v) is 7.06. The number of carbonyl (C=O) groups is 2. The highest BCUT2D eigenvalue weighted by Crippen LogP contribution is 2.50. The largest absolute Gasteiger partial charge is 0.343 e. The van der Waals surface area contributed by atoms with Crippen LogP contribution < -0.4 is 9.80 Å². The number of amides is 2. The third kappa shape index (κ3) is 8.62. The van der Waals surface area contributed by atoms with Crippen LogP contribution in [0.25, 0.3) is 0 Å². The molecule has 0 spiro atoms. The molecule has 0 radical (unpaired) electrons. The standard InChI is InChI=1S/C32H28Cl2N4O7S2/c1-19(39)35(3)25-17-29(23(33)15-27(25)37(41)42)46-31(21-11-7-5-8-12-21)45-32(22-13-9-6-10-14-22)47-30-18-26(36(4)20(2)40)28(38(43)44)16-24(30)34/h5-18,31-32H,1-4H3. The van der Waals surface area contributed by atoms with Crippen LogP contribution in [0.1, 0.15) is 35.8 Å². The van der Waals surface area contributed by atoms with Gasteiger partial charge in [-0.05, 0) is 23.3 Å². The van der Waals surface area contributed by atoms with Crippen LogP contribution in [-0.2, 0) is 14.3 Å². The van der Waals surface area contributed by atoms with Gasteiger partial charge in [0.15, 0.2) is 0 Å². The average Bonchev–Trinajstić information content (AvgIpc) is 3.05. The number of ether oxygens (including phenoxy) is 1. The van der Waals surface area contributed by atoms with Crippen molar-refractivity contribution in [3.63, 3.8) is 0 Å². The molecule has 0 heterocycles. The fourth-order valence-electron chi connectivity index (χ4n) is 4.33. The third-order valence-corrected chi connectivity index (χ3v) is 10.2. The molecule has 0 fully saturated rings. The highest BCUT2D eigenvalue weighted by Gasteiger charge is 2.29. The first-order valence-corrected chi connectivity index (χ1v) is 16.3. The number of hydrogen-bond acceptors (Lipinski definition) is 9. The van der Waals surface area contributed by atoms with Gasteiger partial charge >= 0.3 is 0 Å². The Labute approximate surface area is 289 Å². The van der Waals surface area contributed by atoms with Gasteiger partial charge < -0.3 is 14.5 Å². The van der Waals surface area contributed by atoms with Gasteiger partial charge in [-0.3, -0.25) is 29.8 Å². The summed E-state index contributed by atoms with van der Waals surface area (Å²) in [6.07, 6.45) is 0. The van der Waals surface area contributed by atoms with Crippen LogP contribution in [0.4, 0.5) is 22.7 Å². The maximum absolute atomic E-state index is 12.2. The zero-order chi connectivity index (χ0) is 34.4. The topological polar surface area (TPSA) is 136 Å². The monoisotopic (exact) mass is 714 g/mol. The number of carbonyl (C=O) groups excluding carboxylic acids is 2. The van der Waals surface area contributed by atoms with Crippen molar-refractivity contribution < 1.29 is 24.2 Å². The third-order valence-electron chi connectivity index (χ3n) is 6.98. The SMILES string of the molecule is CC(=O)N(C)c1cc(SC(OC(Sc2cc(N(C)C(C)=O)c([N+](=O)[O-])cc2Cl)c2ccccc2)c2ccccc2)c(Cl)cc1[N+](=O)[O-]. The van der Waals surface area contributed by atoms with Gasteiger partial charge in [0.25, 0.3) is 11.4 Å². The maximum Gasteiger partial charge on any atom is 0.294 e. The molecule has 244 valence electrons. The van der Waals surface area contributed by atoms with Crippen molar-refractivity contribution in [2.45, 2.75) is 34.5 Å². The lowest BCUT2D eigenvalue weighted by molar-refractivity contribution is -0.384. The first-order chi connectivity index (χ1) is 22.3. The lowest BCUT2D eigenvalue weighted by Crippen LogP contribution is -2.23. The summed E-state index contributed by atoms with van der Waals surface area (Å²) in [4.78, 5) is 50.0. The van der Waals surface area contributed by atoms with Crippen LogP contribution >= 0.6 is 46.7 Å². The Morgan fingerprint density at radius 2 is 1.02 bits per heavy atom. The molecule has 2 amide bonds. The van der Waals surface area contributed by atoms with E-state index in [2.05, 4.69) is 0 Å². The molecule has 0 saturated carbocycles. The molecular formula is C32H28Cl2N4O7S2. The number of benzene rings is 4. The summed E-state index contributed by atoms with van der Waals surface area (Å²) in [7, 11) is 2.87. The molecular weight excluding hydrogens is 687 g/mol. The molecule has 0 aliphatic rings. The van der Waals surface area contributed by atoms with Gasteiger partial charge in [0.05, 0.1) is 19.9 Å². The summed E-state index contributed by atoms with van der Waals surface area (Å²) < 4.78 is 6.77. The second-order valence-corrected chi connectivity index (χ2v) is 13.1. The first kappa shape index (κ1) is 35.7. The molecule has 0 saturated heterocycles. The van der Waals surface area contributed by atoms with Gasteiger partial charge in [0, 0.05) is 49.9 Å². The number of hydrogen-bond donors (Lipinski definition) is 0. The van der Waals surface area contributed by atoms with E-state index in [4.69, 9.17) is 27.9 Å². The van der Waals surface area contributed by atoms with E-state index < -0.39 is 32.5 Å². The number of rotatable bonds is 12. The second kappa shape index (κ2) is 15.6. The smallest absolute Gasteiger partial charge is 0.294 e. The summed E-state index contributed by atoms with van der Waals surface area (Å²) in [5.74, 6) is -0.810. The fraction of sp³-hybridized carbons (Fsp3) is 0.188. The van der Waals surface area contributed by atoms with Crippen LogP contribution in [0.3, 0.4) is 0 Å². The van der Waals surface area contributed by atoms with E-state index >= 15 is 0 Å². The molecule has 4 rings (SSSR count). The zero-order valence-corrected chi connectivity index (χ0v) is 28.6. The molecule has 4 aromatic carbocycles. The van der Waals surface area contributed by atoms with Gasteiger partial charge in [0.2, 0.25) is 11.8 Å². The Balaban J connectivity index is 1.81. The van der Waals surface area contributed by atoms with Crippen LogP contribution in [0.15, 0.2) is 94.7 Å². The normalized spacial score (nSPS) is 12.2. The van der Waals surface area contributed by atoms with E-state index in [1.54, 1.807) is 0 Å². The minimum Gasteiger partial charge on any atom is -0.343 e. The number of anilines is 2. The highest BCUT2D eigenvalue weighted by molar-refractivity contribution is 8.00. The number of nitrogens with zero attached hydrogens (tertiary/aromatic N) is 4. The number of halogens is 2. The van der Waals surface area contributed by atoms with Crippen molar-refractivity contribution in [3.8, 4) is 0 Å². The summed E-state index contributed by atoms with van der Waals surface area (Å²) in [6.45, 7) is 2.59. The Morgan fingerprint density at radius 3 is 1.32 bits per heavy atom. The van der Waals surface area contributed by atoms with Gasteiger partial charge in [-0.15, -0.1) is 0 Å². The number of nitro benzene ring substituents is 2. The lowest BCUT2D eigenvalue weighted by Gasteiger charge is -2.26. The summed E-state index contributed by atoms with van der Waals surface area (Å²) in [5.41, 5.74) is -0.551. The molecule has 0 N–H and O–H groups in total. The minimum absolute atomic E-state index is 0.0648. The first-order valence-electron chi connectivity index (χ1n) is 13.8. The number of thioether (sulfide) groups is 2. The van der Waals surface area contributed by atoms with E-state index in [0.717, 1.165) is 11.1 Å². The molecule has 0 bridgehead atoms. The van der Waals surface area contributed by atoms with Crippen molar-refractivity contribution in [2.75, 3.05) is 23.9 Å². The quantitative estimate of drug-likeness (QED) is 0.0609. The van der Waals surface area contributed by atoms with Crippen molar-refractivity contribution in [2.24, 2.45) is 0 Å². The van der Waals surface area contributed by atoms with Crippen LogP contribution in [-0.4, -0.2) is 35.8 Å². The van der Waals surface area contributed by atoms with E-state index in [0.29, 0.717) is 9.79 Å². The van der Waals surface area contributed by atoms with Crippen LogP contribution in [0.5, 0.6) is 0 Å². The second-order valence-electron chi connectivity index (χ2n) is 10.1. The zero-order valence-electron chi connectivity index (χ0n) is 25.5. The van der Waals surface area contributed by atoms with E-state index in [9.17, 15) is 29.8 Å². The predicted octanol–water partition coefficient (Wildman–Crippen LogP) is 9.07. The Hall–Kier alpha value is -4.14. The highest BCUT2D eigenvalue weighted by atomic mass is 35.5. The van der Waals surface area contributed by atoms with Crippen molar-refractivity contribution in [1.29, 1.82) is 0 Å². The van der Waals surface area contributed by atoms with Crippen LogP contribution in [0.2, 0.25) is 10.0 Å². The van der Waals surface area contributed by atoms with Gasteiger partial charge in [-0.1, -0.05) is 107 Å². The van der Waals surface area contributed by atoms with E-state index in [1.807, 2.05) is 60.7 Å². The Kier molecular flexibility index (Phi) is 11.9. The molecule has 47 heavy (non-hydrogen) atoms. The lowest BCUT2D eigenvalue weighted by atomic mass is 10.2. The molecule has 0 aliphatic carbocycles. The van der Waals surface area contributed by atoms with Gasteiger partial charge in [-0.25, -0.2) is 0 Å². The maximum atomic E-state index is 12.2. The molecule has 2 unspecified atom stereocenters. The molecule has 2 atom stereocenters. The Bertz CT molecular complexity index is 1690. The van der Waals surface area contributed by atoms with Gasteiger partial charge in [-0.2, -0.15) is 0 Å². The molecule has 0 aliphatic heterocycles. The molecule has 11 nitrogen and oxygen atoms in total. The average molecular weight is 716 g/mol. The summed E-state index contributed by atoms with van der Waals surface area (Å²) in [5, 5.41) is 23.8.